The summed E-state index contributed by atoms with van der Waals surface area (Å²) in [6.45, 7) is 7.30. The van der Waals surface area contributed by atoms with Crippen molar-refractivity contribution in [2.24, 2.45) is 0 Å². The molecule has 26 heavy (non-hydrogen) atoms. The normalized spacial score (nSPS) is 16.2. The standard InChI is InChI=1S/C18H20BrN5O2/c1-13-9-16(25-21-13)11-23-5-7-24(8-6-23)12-17-20-18(22-26-17)14-3-2-4-15(19)10-14/h2-4,9-10H,5-8,11-12H2,1H3. The fourth-order valence-electron chi connectivity index (χ4n) is 3.07. The number of halogens is 1. The van der Waals surface area contributed by atoms with Crippen LogP contribution in [0.4, 0.5) is 0 Å². The van der Waals surface area contributed by atoms with Gasteiger partial charge in [-0.25, -0.2) is 0 Å². The minimum atomic E-state index is 0.626. The minimum Gasteiger partial charge on any atom is -0.360 e. The molecule has 1 aromatic carbocycles. The summed E-state index contributed by atoms with van der Waals surface area (Å²) >= 11 is 3.47. The van der Waals surface area contributed by atoms with E-state index < -0.39 is 0 Å². The van der Waals surface area contributed by atoms with E-state index in [-0.39, 0.29) is 0 Å². The highest BCUT2D eigenvalue weighted by atomic mass is 79.9. The summed E-state index contributed by atoms with van der Waals surface area (Å²) in [5.41, 5.74) is 1.87. The third-order valence-corrected chi connectivity index (χ3v) is 4.92. The zero-order chi connectivity index (χ0) is 17.9. The van der Waals surface area contributed by atoms with Gasteiger partial charge in [0.2, 0.25) is 11.7 Å². The van der Waals surface area contributed by atoms with Crippen molar-refractivity contribution in [2.45, 2.75) is 20.0 Å². The Labute approximate surface area is 160 Å². The van der Waals surface area contributed by atoms with Crippen molar-refractivity contribution < 1.29 is 9.05 Å². The van der Waals surface area contributed by atoms with Gasteiger partial charge in [0.05, 0.1) is 18.8 Å². The van der Waals surface area contributed by atoms with Crippen molar-refractivity contribution in [3.05, 3.63) is 52.1 Å². The third kappa shape index (κ3) is 4.20. The molecule has 0 saturated carbocycles. The van der Waals surface area contributed by atoms with E-state index >= 15 is 0 Å². The molecule has 0 bridgehead atoms. The quantitative estimate of drug-likeness (QED) is 0.631. The van der Waals surface area contributed by atoms with E-state index in [2.05, 4.69) is 41.0 Å². The number of hydrogen-bond acceptors (Lipinski definition) is 7. The van der Waals surface area contributed by atoms with Crippen LogP contribution >= 0.6 is 15.9 Å². The van der Waals surface area contributed by atoms with Crippen LogP contribution in [0.15, 0.2) is 43.9 Å². The lowest BCUT2D eigenvalue weighted by Gasteiger charge is -2.33. The molecule has 0 unspecified atom stereocenters. The highest BCUT2D eigenvalue weighted by Crippen LogP contribution is 2.21. The molecule has 0 spiro atoms. The molecule has 7 nitrogen and oxygen atoms in total. The zero-order valence-corrected chi connectivity index (χ0v) is 16.1. The van der Waals surface area contributed by atoms with E-state index in [0.29, 0.717) is 18.3 Å². The Balaban J connectivity index is 1.30. The van der Waals surface area contributed by atoms with Crippen molar-refractivity contribution in [1.29, 1.82) is 0 Å². The molecule has 0 atom stereocenters. The van der Waals surface area contributed by atoms with E-state index in [0.717, 1.165) is 54.2 Å². The van der Waals surface area contributed by atoms with Gasteiger partial charge in [-0.15, -0.1) is 0 Å². The Morgan fingerprint density at radius 1 is 1.00 bits per heavy atom. The summed E-state index contributed by atoms with van der Waals surface area (Å²) in [6, 6.07) is 9.89. The largest absolute Gasteiger partial charge is 0.360 e. The predicted octanol–water partition coefficient (Wildman–Crippen LogP) is 3.11. The summed E-state index contributed by atoms with van der Waals surface area (Å²) < 4.78 is 11.7. The highest BCUT2D eigenvalue weighted by Gasteiger charge is 2.20. The molecule has 3 heterocycles. The SMILES string of the molecule is Cc1cc(CN2CCN(Cc3nc(-c4cccc(Br)c4)no3)CC2)on1. The molecule has 0 aliphatic carbocycles. The lowest BCUT2D eigenvalue weighted by molar-refractivity contribution is 0.105. The summed E-state index contributed by atoms with van der Waals surface area (Å²) in [7, 11) is 0. The highest BCUT2D eigenvalue weighted by molar-refractivity contribution is 9.10. The molecule has 1 fully saturated rings. The molecule has 4 rings (SSSR count). The zero-order valence-electron chi connectivity index (χ0n) is 14.6. The molecular weight excluding hydrogens is 398 g/mol. The van der Waals surface area contributed by atoms with Gasteiger partial charge in [0.1, 0.15) is 0 Å². The van der Waals surface area contributed by atoms with Crippen LogP contribution in [0.25, 0.3) is 11.4 Å². The van der Waals surface area contributed by atoms with Gasteiger partial charge < -0.3 is 9.05 Å². The van der Waals surface area contributed by atoms with E-state index in [9.17, 15) is 0 Å². The first-order chi connectivity index (χ1) is 12.7. The van der Waals surface area contributed by atoms with Crippen LogP contribution < -0.4 is 0 Å². The van der Waals surface area contributed by atoms with Crippen LogP contribution in [0.5, 0.6) is 0 Å². The van der Waals surface area contributed by atoms with Crippen LogP contribution in [0, 0.1) is 6.92 Å². The summed E-state index contributed by atoms with van der Waals surface area (Å²) in [4.78, 5) is 9.23. The van der Waals surface area contributed by atoms with Gasteiger partial charge in [-0.05, 0) is 19.1 Å². The van der Waals surface area contributed by atoms with Gasteiger partial charge in [-0.3, -0.25) is 9.80 Å². The van der Waals surface area contributed by atoms with Crippen LogP contribution in [0.2, 0.25) is 0 Å². The van der Waals surface area contributed by atoms with Crippen LogP contribution in [0.3, 0.4) is 0 Å². The third-order valence-electron chi connectivity index (χ3n) is 4.43. The van der Waals surface area contributed by atoms with E-state index in [1.165, 1.54) is 0 Å². The number of hydrogen-bond donors (Lipinski definition) is 0. The minimum absolute atomic E-state index is 0.626. The number of nitrogens with zero attached hydrogens (tertiary/aromatic N) is 5. The Hall–Kier alpha value is -2.03. The van der Waals surface area contributed by atoms with E-state index in [1.807, 2.05) is 37.3 Å². The topological polar surface area (TPSA) is 71.4 Å². The first-order valence-electron chi connectivity index (χ1n) is 8.61. The Morgan fingerprint density at radius 2 is 1.77 bits per heavy atom. The van der Waals surface area contributed by atoms with Crippen molar-refractivity contribution in [3.63, 3.8) is 0 Å². The van der Waals surface area contributed by atoms with Crippen molar-refractivity contribution in [3.8, 4) is 11.4 Å². The summed E-state index contributed by atoms with van der Waals surface area (Å²) in [5, 5.41) is 8.05. The van der Waals surface area contributed by atoms with Crippen molar-refractivity contribution >= 4 is 15.9 Å². The number of aromatic nitrogens is 3. The van der Waals surface area contributed by atoms with E-state index in [1.54, 1.807) is 0 Å². The van der Waals surface area contributed by atoms with Gasteiger partial charge in [0, 0.05) is 42.3 Å². The molecule has 8 heteroatoms. The summed E-state index contributed by atoms with van der Waals surface area (Å²) in [5.74, 6) is 2.20. The van der Waals surface area contributed by atoms with Gasteiger partial charge in [-0.1, -0.05) is 38.4 Å². The van der Waals surface area contributed by atoms with Crippen molar-refractivity contribution in [2.75, 3.05) is 26.2 Å². The Kier molecular flexibility index (Phi) is 5.14. The van der Waals surface area contributed by atoms with Gasteiger partial charge in [0.25, 0.3) is 0 Å². The first kappa shape index (κ1) is 17.4. The maximum Gasteiger partial charge on any atom is 0.241 e. The Morgan fingerprint density at radius 3 is 2.46 bits per heavy atom. The Bertz CT molecular complexity index is 870. The molecule has 0 N–H and O–H groups in total. The number of benzene rings is 1. The molecular formula is C18H20BrN5O2. The van der Waals surface area contributed by atoms with Gasteiger partial charge in [0.15, 0.2) is 5.76 Å². The number of piperazine rings is 1. The van der Waals surface area contributed by atoms with Crippen LogP contribution in [-0.2, 0) is 13.1 Å². The number of rotatable bonds is 5. The fraction of sp³-hybridized carbons (Fsp3) is 0.389. The molecule has 1 saturated heterocycles. The molecule has 0 radical (unpaired) electrons. The maximum absolute atomic E-state index is 5.43. The lowest BCUT2D eigenvalue weighted by Crippen LogP contribution is -2.45. The van der Waals surface area contributed by atoms with Crippen LogP contribution in [0.1, 0.15) is 17.3 Å². The molecule has 3 aromatic rings. The second-order valence-corrected chi connectivity index (χ2v) is 7.42. The molecule has 1 aliphatic heterocycles. The maximum atomic E-state index is 5.43. The lowest BCUT2D eigenvalue weighted by atomic mass is 10.2. The summed E-state index contributed by atoms with van der Waals surface area (Å²) in [6.07, 6.45) is 0. The molecule has 1 aliphatic rings. The molecule has 136 valence electrons. The predicted molar refractivity (Wildman–Crippen MR) is 99.2 cm³/mol. The number of aryl methyl sites for hydroxylation is 1. The average molecular weight is 418 g/mol. The van der Waals surface area contributed by atoms with Crippen molar-refractivity contribution in [1.82, 2.24) is 25.1 Å². The van der Waals surface area contributed by atoms with Crippen LogP contribution in [-0.4, -0.2) is 51.3 Å². The first-order valence-corrected chi connectivity index (χ1v) is 9.40. The molecule has 0 amide bonds. The average Bonchev–Trinajstić information content (AvgIpc) is 3.26. The second kappa shape index (κ2) is 7.69. The fourth-order valence-corrected chi connectivity index (χ4v) is 3.47. The van der Waals surface area contributed by atoms with E-state index in [4.69, 9.17) is 9.05 Å². The van der Waals surface area contributed by atoms with Gasteiger partial charge in [-0.2, -0.15) is 4.98 Å². The smallest absolute Gasteiger partial charge is 0.241 e. The monoisotopic (exact) mass is 417 g/mol. The van der Waals surface area contributed by atoms with Gasteiger partial charge >= 0.3 is 0 Å². The molecule has 2 aromatic heterocycles. The second-order valence-electron chi connectivity index (χ2n) is 6.51.